The number of pyridine rings is 1. The van der Waals surface area contributed by atoms with E-state index in [1.807, 2.05) is 72.5 Å². The van der Waals surface area contributed by atoms with Gasteiger partial charge in [-0.15, -0.1) is 0 Å². The fourth-order valence-corrected chi connectivity index (χ4v) is 3.31. The molecule has 0 amide bonds. The van der Waals surface area contributed by atoms with Gasteiger partial charge in [-0.05, 0) is 30.0 Å². The lowest BCUT2D eigenvalue weighted by Crippen LogP contribution is -2.25. The number of anilines is 2. The summed E-state index contributed by atoms with van der Waals surface area (Å²) < 4.78 is 0. The van der Waals surface area contributed by atoms with Gasteiger partial charge >= 0.3 is 5.69 Å². The van der Waals surface area contributed by atoms with Gasteiger partial charge in [0.15, 0.2) is 0 Å². The van der Waals surface area contributed by atoms with Gasteiger partial charge in [0.2, 0.25) is 5.82 Å². The first-order valence-corrected chi connectivity index (χ1v) is 10.2. The van der Waals surface area contributed by atoms with Crippen LogP contribution in [0.3, 0.4) is 0 Å². The Morgan fingerprint density at radius 2 is 1.53 bits per heavy atom. The number of aryl methyl sites for hydroxylation is 1. The number of hydrogen-bond donors (Lipinski definition) is 1. The zero-order valence-electron chi connectivity index (χ0n) is 17.7. The summed E-state index contributed by atoms with van der Waals surface area (Å²) in [5.41, 5.74) is 3.42. The molecular weight excluding hydrogens is 376 g/mol. The average Bonchev–Trinajstić information content (AvgIpc) is 2.72. The zero-order valence-corrected chi connectivity index (χ0v) is 17.7. The molecule has 156 valence electrons. The minimum Gasteiger partial charge on any atom is -0.379 e. The zero-order chi connectivity index (χ0) is 21.5. The molecule has 0 aliphatic rings. The summed E-state index contributed by atoms with van der Waals surface area (Å²) in [6.45, 7) is 7.72. The van der Waals surface area contributed by atoms with Gasteiger partial charge < -0.3 is 10.2 Å². The number of nitrogens with zero attached hydrogens (tertiary/aromatic N) is 3. The third kappa shape index (κ3) is 5.56. The molecule has 1 aromatic heterocycles. The van der Waals surface area contributed by atoms with Gasteiger partial charge in [-0.25, -0.2) is 4.98 Å². The summed E-state index contributed by atoms with van der Waals surface area (Å²) >= 11 is 0. The Bertz CT molecular complexity index is 934. The second-order valence-electron chi connectivity index (χ2n) is 7.84. The minimum absolute atomic E-state index is 0.0214. The van der Waals surface area contributed by atoms with Crippen LogP contribution in [0.4, 0.5) is 17.2 Å². The van der Waals surface area contributed by atoms with Crippen molar-refractivity contribution in [3.8, 4) is 0 Å². The van der Waals surface area contributed by atoms with E-state index in [0.29, 0.717) is 37.1 Å². The van der Waals surface area contributed by atoms with Crippen molar-refractivity contribution in [2.24, 2.45) is 5.92 Å². The fraction of sp³-hybridized carbons (Fsp3) is 0.292. The second kappa shape index (κ2) is 9.87. The van der Waals surface area contributed by atoms with E-state index < -0.39 is 0 Å². The average molecular weight is 405 g/mol. The molecule has 30 heavy (non-hydrogen) atoms. The van der Waals surface area contributed by atoms with Crippen molar-refractivity contribution >= 4 is 17.2 Å². The minimum atomic E-state index is -0.326. The Hall–Kier alpha value is -3.41. The molecule has 3 rings (SSSR count). The molecule has 6 heteroatoms. The van der Waals surface area contributed by atoms with E-state index in [2.05, 4.69) is 24.1 Å². The molecular formula is C24H28N4O2. The van der Waals surface area contributed by atoms with Crippen molar-refractivity contribution in [1.82, 2.24) is 4.98 Å². The summed E-state index contributed by atoms with van der Waals surface area (Å²) in [7, 11) is 0. The van der Waals surface area contributed by atoms with Gasteiger partial charge in [0.05, 0.1) is 4.92 Å². The van der Waals surface area contributed by atoms with Gasteiger partial charge in [0.25, 0.3) is 0 Å². The van der Waals surface area contributed by atoms with E-state index >= 15 is 0 Å². The molecule has 0 saturated carbocycles. The molecule has 1 heterocycles. The van der Waals surface area contributed by atoms with E-state index in [-0.39, 0.29) is 10.6 Å². The van der Waals surface area contributed by atoms with Crippen LogP contribution in [0.1, 0.15) is 30.7 Å². The molecule has 2 aromatic carbocycles. The third-order valence-electron chi connectivity index (χ3n) is 4.72. The number of nitrogens with one attached hydrogen (secondary N) is 1. The van der Waals surface area contributed by atoms with Crippen molar-refractivity contribution in [3.05, 3.63) is 93.7 Å². The molecule has 6 nitrogen and oxygen atoms in total. The summed E-state index contributed by atoms with van der Waals surface area (Å²) in [6, 6.07) is 21.7. The van der Waals surface area contributed by atoms with Crippen LogP contribution in [0.15, 0.2) is 66.7 Å². The van der Waals surface area contributed by atoms with Gasteiger partial charge in [-0.3, -0.25) is 10.1 Å². The maximum absolute atomic E-state index is 12.1. The molecule has 0 bridgehead atoms. The van der Waals surface area contributed by atoms with Crippen LogP contribution in [-0.2, 0) is 13.1 Å². The van der Waals surface area contributed by atoms with Crippen LogP contribution in [0.2, 0.25) is 0 Å². The van der Waals surface area contributed by atoms with Crippen LogP contribution in [0.5, 0.6) is 0 Å². The normalized spacial score (nSPS) is 10.8. The van der Waals surface area contributed by atoms with E-state index in [9.17, 15) is 10.1 Å². The number of nitro groups is 1. The highest BCUT2D eigenvalue weighted by molar-refractivity contribution is 5.74. The predicted molar refractivity (Wildman–Crippen MR) is 122 cm³/mol. The molecule has 0 unspecified atom stereocenters. The standard InChI is InChI=1S/C24H28N4O2/c1-18(2)15-25-22-14-19(3)26-24(23(22)28(29)30)27(16-20-10-6-4-7-11-20)17-21-12-8-5-9-13-21/h4-14,18H,15-17H2,1-3H3,(H,25,26). The Morgan fingerprint density at radius 3 is 2.00 bits per heavy atom. The van der Waals surface area contributed by atoms with Gasteiger partial charge in [-0.2, -0.15) is 0 Å². The monoisotopic (exact) mass is 404 g/mol. The summed E-state index contributed by atoms with van der Waals surface area (Å²) in [6.07, 6.45) is 0. The van der Waals surface area contributed by atoms with E-state index in [0.717, 1.165) is 16.8 Å². The number of aromatic nitrogens is 1. The van der Waals surface area contributed by atoms with Crippen molar-refractivity contribution in [2.45, 2.75) is 33.9 Å². The van der Waals surface area contributed by atoms with Gasteiger partial charge in [0, 0.05) is 25.3 Å². The Kier molecular flexibility index (Phi) is 7.01. The highest BCUT2D eigenvalue weighted by Gasteiger charge is 2.27. The first-order valence-electron chi connectivity index (χ1n) is 10.2. The van der Waals surface area contributed by atoms with E-state index in [4.69, 9.17) is 0 Å². The van der Waals surface area contributed by atoms with Crippen LogP contribution in [0, 0.1) is 23.0 Å². The van der Waals surface area contributed by atoms with Gasteiger partial charge in [0.1, 0.15) is 5.69 Å². The third-order valence-corrected chi connectivity index (χ3v) is 4.72. The molecule has 0 radical (unpaired) electrons. The summed E-state index contributed by atoms with van der Waals surface area (Å²) in [4.78, 5) is 18.4. The molecule has 0 aliphatic heterocycles. The molecule has 0 atom stereocenters. The smallest absolute Gasteiger partial charge is 0.334 e. The van der Waals surface area contributed by atoms with Crippen molar-refractivity contribution in [2.75, 3.05) is 16.8 Å². The second-order valence-corrected chi connectivity index (χ2v) is 7.84. The maximum atomic E-state index is 12.1. The van der Waals surface area contributed by atoms with Crippen molar-refractivity contribution in [1.29, 1.82) is 0 Å². The number of hydrogen-bond acceptors (Lipinski definition) is 5. The Morgan fingerprint density at radius 1 is 1.00 bits per heavy atom. The molecule has 1 N–H and O–H groups in total. The quantitative estimate of drug-likeness (QED) is 0.373. The topological polar surface area (TPSA) is 71.3 Å². The molecule has 3 aromatic rings. The number of benzene rings is 2. The van der Waals surface area contributed by atoms with Crippen LogP contribution in [-0.4, -0.2) is 16.5 Å². The fourth-order valence-electron chi connectivity index (χ4n) is 3.31. The SMILES string of the molecule is Cc1cc(NCC(C)C)c([N+](=O)[O-])c(N(Cc2ccccc2)Cc2ccccc2)n1. The number of rotatable bonds is 9. The maximum Gasteiger partial charge on any atom is 0.334 e. The van der Waals surface area contributed by atoms with Crippen LogP contribution < -0.4 is 10.2 Å². The largest absolute Gasteiger partial charge is 0.379 e. The molecule has 0 aliphatic carbocycles. The molecule has 0 saturated heterocycles. The molecule has 0 spiro atoms. The van der Waals surface area contributed by atoms with E-state index in [1.165, 1.54) is 0 Å². The highest BCUT2D eigenvalue weighted by atomic mass is 16.6. The Labute approximate surface area is 177 Å². The van der Waals surface area contributed by atoms with Crippen molar-refractivity contribution in [3.63, 3.8) is 0 Å². The predicted octanol–water partition coefficient (Wildman–Crippen LogP) is 5.57. The lowest BCUT2D eigenvalue weighted by atomic mass is 10.1. The van der Waals surface area contributed by atoms with Crippen LogP contribution in [0.25, 0.3) is 0 Å². The van der Waals surface area contributed by atoms with Crippen LogP contribution >= 0.6 is 0 Å². The lowest BCUT2D eigenvalue weighted by Gasteiger charge is -2.25. The summed E-state index contributed by atoms with van der Waals surface area (Å²) in [5, 5.41) is 15.4. The van der Waals surface area contributed by atoms with Gasteiger partial charge in [-0.1, -0.05) is 74.5 Å². The first kappa shape index (κ1) is 21.3. The molecule has 0 fully saturated rings. The lowest BCUT2D eigenvalue weighted by molar-refractivity contribution is -0.383. The summed E-state index contributed by atoms with van der Waals surface area (Å²) in [5.74, 6) is 0.755. The van der Waals surface area contributed by atoms with Crippen molar-refractivity contribution < 1.29 is 4.92 Å². The highest BCUT2D eigenvalue weighted by Crippen LogP contribution is 2.36. The Balaban J connectivity index is 2.07. The first-order chi connectivity index (χ1) is 14.4. The van der Waals surface area contributed by atoms with E-state index in [1.54, 1.807) is 6.07 Å².